The maximum absolute atomic E-state index is 4.51. The highest BCUT2D eigenvalue weighted by molar-refractivity contribution is 5.97. The van der Waals surface area contributed by atoms with Gasteiger partial charge in [0.15, 0.2) is 0 Å². The molecule has 0 saturated heterocycles. The number of rotatable bonds is 1. The third kappa shape index (κ3) is 3.94. The van der Waals surface area contributed by atoms with E-state index in [1.54, 1.807) is 0 Å². The molecule has 0 aliphatic rings. The number of hydrogen-bond donors (Lipinski definition) is 0. The van der Waals surface area contributed by atoms with E-state index in [9.17, 15) is 0 Å². The molecule has 1 heterocycles. The second kappa shape index (κ2) is 8.99. The van der Waals surface area contributed by atoms with Crippen LogP contribution in [-0.2, 0) is 0 Å². The fraction of sp³-hybridized carbons (Fsp3) is 0.286. The maximum atomic E-state index is 4.51. The Morgan fingerprint density at radius 2 is 1.23 bits per heavy atom. The standard InChI is InChI=1S/C17H15N.2C2H6/c1-12-7-9-14(10-8-12)17-11-18-13(2)15-5-3-4-6-16(15)17;2*1-2/h3-11H,1-2H3;2*1-2H3. The summed E-state index contributed by atoms with van der Waals surface area (Å²) in [7, 11) is 0. The van der Waals surface area contributed by atoms with Crippen LogP contribution in [0.15, 0.2) is 54.7 Å². The van der Waals surface area contributed by atoms with Gasteiger partial charge >= 0.3 is 0 Å². The van der Waals surface area contributed by atoms with E-state index in [0.717, 1.165) is 5.69 Å². The summed E-state index contributed by atoms with van der Waals surface area (Å²) in [6.45, 7) is 12.2. The number of aromatic nitrogens is 1. The van der Waals surface area contributed by atoms with E-state index in [2.05, 4.69) is 67.4 Å². The smallest absolute Gasteiger partial charge is 0.0451 e. The van der Waals surface area contributed by atoms with Crippen LogP contribution in [0.25, 0.3) is 21.9 Å². The largest absolute Gasteiger partial charge is 0.260 e. The Hall–Kier alpha value is -2.15. The molecule has 0 N–H and O–H groups in total. The van der Waals surface area contributed by atoms with Crippen LogP contribution < -0.4 is 0 Å². The average molecular weight is 293 g/mol. The van der Waals surface area contributed by atoms with Crippen LogP contribution in [0.3, 0.4) is 0 Å². The van der Waals surface area contributed by atoms with Crippen LogP contribution >= 0.6 is 0 Å². The Kier molecular flexibility index (Phi) is 7.31. The van der Waals surface area contributed by atoms with Crippen molar-refractivity contribution in [3.05, 3.63) is 66.0 Å². The van der Waals surface area contributed by atoms with Gasteiger partial charge in [0, 0.05) is 22.8 Å². The summed E-state index contributed by atoms with van der Waals surface area (Å²) in [6.07, 6.45) is 1.97. The van der Waals surface area contributed by atoms with Gasteiger partial charge in [-0.25, -0.2) is 0 Å². The normalized spacial score (nSPS) is 9.36. The first-order chi connectivity index (χ1) is 10.8. The van der Waals surface area contributed by atoms with Gasteiger partial charge in [-0.2, -0.15) is 0 Å². The summed E-state index contributed by atoms with van der Waals surface area (Å²) in [5, 5.41) is 2.50. The fourth-order valence-corrected chi connectivity index (χ4v) is 2.30. The third-order valence-electron chi connectivity index (χ3n) is 3.36. The Morgan fingerprint density at radius 3 is 1.82 bits per heavy atom. The molecule has 3 rings (SSSR count). The summed E-state index contributed by atoms with van der Waals surface area (Å²) in [5.41, 5.74) is 4.80. The van der Waals surface area contributed by atoms with Crippen LogP contribution in [0.2, 0.25) is 0 Å². The SMILES string of the molecule is CC.CC.Cc1ccc(-c2cnc(C)c3ccccc23)cc1. The first kappa shape index (κ1) is 17.9. The quantitative estimate of drug-likeness (QED) is 0.494. The number of nitrogens with zero attached hydrogens (tertiary/aromatic N) is 1. The van der Waals surface area contributed by atoms with E-state index < -0.39 is 0 Å². The first-order valence-electron chi connectivity index (χ1n) is 8.17. The Balaban J connectivity index is 0.000000561. The first-order valence-corrected chi connectivity index (χ1v) is 8.17. The monoisotopic (exact) mass is 293 g/mol. The molecular formula is C21H27N. The molecule has 0 radical (unpaired) electrons. The number of benzene rings is 2. The molecule has 0 unspecified atom stereocenters. The highest BCUT2D eigenvalue weighted by Gasteiger charge is 2.05. The van der Waals surface area contributed by atoms with Gasteiger partial charge in [-0.3, -0.25) is 4.98 Å². The lowest BCUT2D eigenvalue weighted by molar-refractivity contribution is 1.24. The number of hydrogen-bond acceptors (Lipinski definition) is 1. The van der Waals surface area contributed by atoms with Gasteiger partial charge in [0.05, 0.1) is 0 Å². The molecule has 0 aliphatic heterocycles. The van der Waals surface area contributed by atoms with Crippen LogP contribution in [0.1, 0.15) is 39.0 Å². The Morgan fingerprint density at radius 1 is 0.682 bits per heavy atom. The zero-order chi connectivity index (χ0) is 16.5. The van der Waals surface area contributed by atoms with E-state index in [1.165, 1.54) is 27.5 Å². The number of pyridine rings is 1. The molecule has 0 atom stereocenters. The molecule has 0 bridgehead atoms. The minimum Gasteiger partial charge on any atom is -0.260 e. The van der Waals surface area contributed by atoms with Crippen molar-refractivity contribution >= 4 is 10.8 Å². The molecule has 116 valence electrons. The van der Waals surface area contributed by atoms with Crippen LogP contribution in [0, 0.1) is 13.8 Å². The molecule has 0 aliphatic carbocycles. The van der Waals surface area contributed by atoms with Crippen molar-refractivity contribution in [2.24, 2.45) is 0 Å². The van der Waals surface area contributed by atoms with Crippen molar-refractivity contribution in [1.29, 1.82) is 0 Å². The molecule has 3 aromatic rings. The topological polar surface area (TPSA) is 12.9 Å². The van der Waals surface area contributed by atoms with E-state index in [-0.39, 0.29) is 0 Å². The van der Waals surface area contributed by atoms with Gasteiger partial charge in [-0.15, -0.1) is 0 Å². The minimum absolute atomic E-state index is 1.08. The zero-order valence-corrected chi connectivity index (χ0v) is 14.6. The molecule has 1 heteroatoms. The molecule has 22 heavy (non-hydrogen) atoms. The van der Waals surface area contributed by atoms with Crippen LogP contribution in [0.4, 0.5) is 0 Å². The predicted octanol–water partition coefficient (Wildman–Crippen LogP) is 6.57. The third-order valence-corrected chi connectivity index (χ3v) is 3.36. The van der Waals surface area contributed by atoms with Crippen LogP contribution in [0.5, 0.6) is 0 Å². The molecule has 1 nitrogen and oxygen atoms in total. The lowest BCUT2D eigenvalue weighted by Gasteiger charge is -2.08. The highest BCUT2D eigenvalue weighted by Crippen LogP contribution is 2.29. The number of fused-ring (bicyclic) bond motifs is 1. The molecule has 2 aromatic carbocycles. The zero-order valence-electron chi connectivity index (χ0n) is 14.6. The van der Waals surface area contributed by atoms with Gasteiger partial charge in [0.1, 0.15) is 0 Å². The molecule has 0 fully saturated rings. The lowest BCUT2D eigenvalue weighted by atomic mass is 9.99. The second-order valence-electron chi connectivity index (χ2n) is 4.67. The predicted molar refractivity (Wildman–Crippen MR) is 99.3 cm³/mol. The van der Waals surface area contributed by atoms with E-state index in [4.69, 9.17) is 0 Å². The summed E-state index contributed by atoms with van der Waals surface area (Å²) in [6, 6.07) is 17.1. The van der Waals surface area contributed by atoms with Crippen molar-refractivity contribution in [3.8, 4) is 11.1 Å². The summed E-state index contributed by atoms with van der Waals surface area (Å²) in [4.78, 5) is 4.51. The maximum Gasteiger partial charge on any atom is 0.0451 e. The van der Waals surface area contributed by atoms with Crippen molar-refractivity contribution in [1.82, 2.24) is 4.98 Å². The Labute approximate surface area is 135 Å². The second-order valence-corrected chi connectivity index (χ2v) is 4.67. The van der Waals surface area contributed by atoms with Crippen molar-refractivity contribution < 1.29 is 0 Å². The summed E-state index contributed by atoms with van der Waals surface area (Å²) in [5.74, 6) is 0. The van der Waals surface area contributed by atoms with E-state index in [0.29, 0.717) is 0 Å². The van der Waals surface area contributed by atoms with Crippen molar-refractivity contribution in [2.45, 2.75) is 41.5 Å². The minimum atomic E-state index is 1.08. The summed E-state index contributed by atoms with van der Waals surface area (Å²) >= 11 is 0. The fourth-order valence-electron chi connectivity index (χ4n) is 2.30. The van der Waals surface area contributed by atoms with E-state index in [1.807, 2.05) is 33.9 Å². The van der Waals surface area contributed by atoms with E-state index >= 15 is 0 Å². The summed E-state index contributed by atoms with van der Waals surface area (Å²) < 4.78 is 0. The van der Waals surface area contributed by atoms with Gasteiger partial charge in [-0.1, -0.05) is 81.8 Å². The molecule has 0 amide bonds. The van der Waals surface area contributed by atoms with Crippen molar-refractivity contribution in [2.75, 3.05) is 0 Å². The molecule has 0 spiro atoms. The molecular weight excluding hydrogens is 266 g/mol. The number of aryl methyl sites for hydroxylation is 2. The molecule has 0 saturated carbocycles. The van der Waals surface area contributed by atoms with Gasteiger partial charge in [0.25, 0.3) is 0 Å². The van der Waals surface area contributed by atoms with Crippen molar-refractivity contribution in [3.63, 3.8) is 0 Å². The average Bonchev–Trinajstić information content (AvgIpc) is 2.60. The highest BCUT2D eigenvalue weighted by atomic mass is 14.7. The van der Waals surface area contributed by atoms with Gasteiger partial charge in [0.2, 0.25) is 0 Å². The Bertz CT molecular complexity index is 697. The lowest BCUT2D eigenvalue weighted by Crippen LogP contribution is -1.88. The van der Waals surface area contributed by atoms with Gasteiger partial charge < -0.3 is 0 Å². The van der Waals surface area contributed by atoms with Gasteiger partial charge in [-0.05, 0) is 24.8 Å². The molecule has 1 aromatic heterocycles. The van der Waals surface area contributed by atoms with Crippen LogP contribution in [-0.4, -0.2) is 4.98 Å².